The van der Waals surface area contributed by atoms with Crippen molar-refractivity contribution < 1.29 is 59.6 Å². The van der Waals surface area contributed by atoms with Crippen LogP contribution in [-0.2, 0) is 21.0 Å². The Kier molecular flexibility index (Phi) is 11.3. The van der Waals surface area contributed by atoms with Gasteiger partial charge in [0.05, 0.1) is 38.0 Å². The third-order valence-corrected chi connectivity index (χ3v) is 7.60. The van der Waals surface area contributed by atoms with Crippen LogP contribution < -0.4 is 28.4 Å². The summed E-state index contributed by atoms with van der Waals surface area (Å²) in [6.07, 6.45) is -3.89. The Morgan fingerprint density at radius 1 is 0.980 bits per heavy atom. The molecule has 2 N–H and O–H groups in total. The second kappa shape index (κ2) is 15.2. The molecule has 4 aromatic heterocycles. The number of carbonyl (C=O) groups is 1. The summed E-state index contributed by atoms with van der Waals surface area (Å²) in [5.74, 6) is -2.47. The molecule has 22 heteroatoms. The lowest BCUT2D eigenvalue weighted by atomic mass is 10.2. The fraction of sp³-hybridized carbons (Fsp3) is 0.214. The molecule has 0 fully saturated rings. The molecule has 0 saturated heterocycles. The minimum atomic E-state index is -4.98. The predicted octanol–water partition coefficient (Wildman–Crippen LogP) is 4.88. The van der Waals surface area contributed by atoms with Gasteiger partial charge < -0.3 is 28.8 Å². The van der Waals surface area contributed by atoms with Crippen molar-refractivity contribution in [1.29, 1.82) is 0 Å². The molecule has 0 amide bonds. The molecule has 266 valence electrons. The van der Waals surface area contributed by atoms with E-state index in [9.17, 15) is 30.8 Å². The molecule has 0 saturated carbocycles. The Bertz CT molecular complexity index is 2100. The summed E-state index contributed by atoms with van der Waals surface area (Å²) in [7, 11) is -1.20. The van der Waals surface area contributed by atoms with Crippen LogP contribution in [0.4, 0.5) is 23.5 Å². The van der Waals surface area contributed by atoms with Crippen molar-refractivity contribution in [2.24, 2.45) is 0 Å². The molecule has 0 spiro atoms. The number of sulfonamides is 1. The number of anilines is 1. The molecular weight excluding hydrogens is 722 g/mol. The van der Waals surface area contributed by atoms with Crippen molar-refractivity contribution in [2.45, 2.75) is 24.1 Å². The minimum absolute atomic E-state index is 0.0970. The molecular formula is C28H24ClF4N7O9S. The van der Waals surface area contributed by atoms with Gasteiger partial charge in [-0.15, -0.1) is 5.10 Å². The number of ether oxygens (including phenoxy) is 5. The number of nitrogens with zero attached hydrogens (tertiary/aromatic N) is 6. The average molecular weight is 746 g/mol. The van der Waals surface area contributed by atoms with E-state index in [1.165, 1.54) is 57.7 Å². The van der Waals surface area contributed by atoms with Crippen LogP contribution in [0, 0.1) is 5.82 Å². The largest absolute Gasteiger partial charge is 0.481 e. The highest BCUT2D eigenvalue weighted by atomic mass is 35.5. The van der Waals surface area contributed by atoms with E-state index in [4.69, 9.17) is 40.4 Å². The van der Waals surface area contributed by atoms with Gasteiger partial charge in [-0.25, -0.2) is 32.3 Å². The van der Waals surface area contributed by atoms with Crippen LogP contribution in [0.5, 0.6) is 35.0 Å². The van der Waals surface area contributed by atoms with Crippen molar-refractivity contribution in [3.8, 4) is 35.0 Å². The maximum Gasteiger partial charge on any atom is 0.418 e. The number of pyridine rings is 2. The first-order valence-corrected chi connectivity index (χ1v) is 15.4. The number of halogens is 5. The molecule has 16 nitrogen and oxygen atoms in total. The van der Waals surface area contributed by atoms with Gasteiger partial charge >= 0.3 is 12.1 Å². The van der Waals surface area contributed by atoms with E-state index in [0.717, 1.165) is 23.9 Å². The monoisotopic (exact) mass is 745 g/mol. The summed E-state index contributed by atoms with van der Waals surface area (Å²) in [6.45, 7) is 1.42. The number of methoxy groups -OCH3 is 3. The molecule has 50 heavy (non-hydrogen) atoms. The number of aromatic nitrogens is 6. The number of hydrogen-bond acceptors (Lipinski definition) is 13. The summed E-state index contributed by atoms with van der Waals surface area (Å²) < 4.78 is 107. The third kappa shape index (κ3) is 8.85. The SMILES string of the molecule is COc1cc(OC)n2nc(NS(=O)(=O)c3c(C(F)(F)F)ccnc3OC)nc2n1.C[C@@H](Oc1ccc(Oc2ncc(Cl)cc2F)cc1)C(=O)O. The van der Waals surface area contributed by atoms with E-state index in [1.54, 1.807) is 0 Å². The first kappa shape index (κ1) is 37.1. The van der Waals surface area contributed by atoms with E-state index in [1.807, 2.05) is 4.72 Å². The van der Waals surface area contributed by atoms with Crippen molar-refractivity contribution >= 4 is 39.3 Å². The number of carboxylic acids is 1. The van der Waals surface area contributed by atoms with Crippen LogP contribution in [0.3, 0.4) is 0 Å². The van der Waals surface area contributed by atoms with Crippen LogP contribution >= 0.6 is 11.6 Å². The summed E-state index contributed by atoms with van der Waals surface area (Å²) >= 11 is 5.59. The number of aliphatic carboxylic acids is 1. The molecule has 0 aliphatic rings. The van der Waals surface area contributed by atoms with E-state index in [-0.39, 0.29) is 28.4 Å². The lowest BCUT2D eigenvalue weighted by Crippen LogP contribution is -2.22. The van der Waals surface area contributed by atoms with Gasteiger partial charge in [-0.05, 0) is 43.3 Å². The van der Waals surface area contributed by atoms with E-state index in [2.05, 4.69) is 25.0 Å². The number of carboxylic acid groups (broad SMARTS) is 1. The number of benzene rings is 1. The van der Waals surface area contributed by atoms with Gasteiger partial charge in [-0.3, -0.25) is 0 Å². The van der Waals surface area contributed by atoms with Gasteiger partial charge in [0.2, 0.25) is 17.6 Å². The summed E-state index contributed by atoms with van der Waals surface area (Å²) in [5, 5.41) is 12.8. The number of hydrogen-bond donors (Lipinski definition) is 2. The molecule has 1 aromatic carbocycles. The molecule has 0 radical (unpaired) electrons. The highest BCUT2D eigenvalue weighted by molar-refractivity contribution is 7.92. The fourth-order valence-corrected chi connectivity index (χ4v) is 5.19. The molecule has 0 aliphatic carbocycles. The van der Waals surface area contributed by atoms with E-state index in [0.29, 0.717) is 17.6 Å². The molecule has 4 heterocycles. The van der Waals surface area contributed by atoms with Crippen LogP contribution in [0.2, 0.25) is 5.02 Å². The van der Waals surface area contributed by atoms with Crippen LogP contribution in [0.25, 0.3) is 5.78 Å². The maximum absolute atomic E-state index is 13.5. The van der Waals surface area contributed by atoms with Crippen molar-refractivity contribution in [2.75, 3.05) is 26.1 Å². The quantitative estimate of drug-likeness (QED) is 0.173. The topological polar surface area (TPSA) is 198 Å². The molecule has 5 rings (SSSR count). The number of fused-ring (bicyclic) bond motifs is 1. The highest BCUT2D eigenvalue weighted by Gasteiger charge is 2.40. The predicted molar refractivity (Wildman–Crippen MR) is 164 cm³/mol. The third-order valence-electron chi connectivity index (χ3n) is 6.01. The molecule has 0 unspecified atom stereocenters. The van der Waals surface area contributed by atoms with Crippen LogP contribution in [0.15, 0.2) is 59.8 Å². The lowest BCUT2D eigenvalue weighted by molar-refractivity contribution is -0.144. The first-order valence-electron chi connectivity index (χ1n) is 13.5. The minimum Gasteiger partial charge on any atom is -0.481 e. The van der Waals surface area contributed by atoms with Gasteiger partial charge in [0.25, 0.3) is 27.6 Å². The fourth-order valence-electron chi connectivity index (χ4n) is 3.77. The summed E-state index contributed by atoms with van der Waals surface area (Å²) in [5.41, 5.74) is -1.46. The Morgan fingerprint density at radius 2 is 1.66 bits per heavy atom. The zero-order valence-corrected chi connectivity index (χ0v) is 27.5. The standard InChI is InChI=1S/C14H11ClFNO4.C14H13F3N6O5S/c1-8(14(18)19)20-10-2-4-11(5-3-10)21-13-12(16)6-9(15)7-17-13;1-26-8-6-9(27-2)23-13(19-8)20-12(21-23)22-29(24,25)10-7(14(15,16)17)4-5-18-11(10)28-3/h2-8H,1H3,(H,18,19);4-6H,1-3H3,(H,21,22)/t8-;/m1./s1. The lowest BCUT2D eigenvalue weighted by Gasteiger charge is -2.15. The van der Waals surface area contributed by atoms with Gasteiger partial charge in [-0.2, -0.15) is 27.7 Å². The normalized spacial score (nSPS) is 11.9. The average Bonchev–Trinajstić information content (AvgIpc) is 3.47. The maximum atomic E-state index is 13.5. The van der Waals surface area contributed by atoms with E-state index >= 15 is 0 Å². The van der Waals surface area contributed by atoms with Gasteiger partial charge in [0.1, 0.15) is 11.5 Å². The summed E-state index contributed by atoms with van der Waals surface area (Å²) in [4.78, 5) is 24.5. The second-order valence-corrected chi connectivity index (χ2v) is 11.5. The van der Waals surface area contributed by atoms with Crippen LogP contribution in [-0.4, -0.2) is 76.5 Å². The van der Waals surface area contributed by atoms with Gasteiger partial charge in [-0.1, -0.05) is 11.6 Å². The Balaban J connectivity index is 0.000000237. The molecule has 1 atom stereocenters. The molecule has 5 aromatic rings. The first-order chi connectivity index (χ1) is 23.6. The number of alkyl halides is 3. The van der Waals surface area contributed by atoms with Crippen LogP contribution in [0.1, 0.15) is 12.5 Å². The van der Waals surface area contributed by atoms with E-state index < -0.39 is 56.4 Å². The number of rotatable bonds is 11. The molecule has 0 bridgehead atoms. The smallest absolute Gasteiger partial charge is 0.418 e. The Labute approximate surface area is 284 Å². The van der Waals surface area contributed by atoms with Gasteiger partial charge in [0, 0.05) is 12.4 Å². The number of nitrogens with one attached hydrogen (secondary N) is 1. The Hall–Kier alpha value is -5.70. The Morgan fingerprint density at radius 3 is 2.24 bits per heavy atom. The zero-order valence-electron chi connectivity index (χ0n) is 26.0. The molecule has 0 aliphatic heterocycles. The zero-order chi connectivity index (χ0) is 36.8. The van der Waals surface area contributed by atoms with Crippen molar-refractivity contribution in [3.05, 3.63) is 71.3 Å². The van der Waals surface area contributed by atoms with Gasteiger partial charge in [0.15, 0.2) is 16.8 Å². The van der Waals surface area contributed by atoms with Crippen molar-refractivity contribution in [1.82, 2.24) is 29.5 Å². The van der Waals surface area contributed by atoms with Crippen molar-refractivity contribution in [3.63, 3.8) is 0 Å². The summed E-state index contributed by atoms with van der Waals surface area (Å²) in [6, 6.07) is 9.02. The highest BCUT2D eigenvalue weighted by Crippen LogP contribution is 2.38. The second-order valence-electron chi connectivity index (χ2n) is 9.40.